The number of aromatic nitrogens is 4. The minimum absolute atomic E-state index is 0.156. The first-order valence-electron chi connectivity index (χ1n) is 8.61. The predicted molar refractivity (Wildman–Crippen MR) is 101 cm³/mol. The first-order chi connectivity index (χ1) is 13.1. The third kappa shape index (κ3) is 3.90. The quantitative estimate of drug-likeness (QED) is 0.543. The van der Waals surface area contributed by atoms with Crippen LogP contribution in [0.2, 0.25) is 0 Å². The molecule has 0 amide bonds. The minimum Gasteiger partial charge on any atom is -0.468 e. The fourth-order valence-corrected chi connectivity index (χ4v) is 3.11. The van der Waals surface area contributed by atoms with Crippen molar-refractivity contribution in [3.63, 3.8) is 0 Å². The molecule has 0 unspecified atom stereocenters. The largest absolute Gasteiger partial charge is 0.468 e. The lowest BCUT2D eigenvalue weighted by molar-refractivity contribution is 0.224. The van der Waals surface area contributed by atoms with Gasteiger partial charge in [0, 0.05) is 19.2 Å². The number of rotatable bonds is 6. The van der Waals surface area contributed by atoms with Crippen LogP contribution >= 0.6 is 0 Å². The minimum atomic E-state index is -0.243. The summed E-state index contributed by atoms with van der Waals surface area (Å²) in [6.07, 6.45) is 1.66. The number of fused-ring (bicyclic) bond motifs is 1. The highest BCUT2D eigenvalue weighted by Crippen LogP contribution is 2.14. The van der Waals surface area contributed by atoms with E-state index in [9.17, 15) is 4.79 Å². The first-order valence-corrected chi connectivity index (χ1v) is 8.61. The summed E-state index contributed by atoms with van der Waals surface area (Å²) in [5.41, 5.74) is 8.40. The third-order valence-corrected chi connectivity index (χ3v) is 4.23. The van der Waals surface area contributed by atoms with Crippen LogP contribution in [-0.2, 0) is 19.6 Å². The van der Waals surface area contributed by atoms with E-state index in [1.54, 1.807) is 6.26 Å². The molecule has 0 aliphatic carbocycles. The van der Waals surface area contributed by atoms with E-state index in [2.05, 4.69) is 45.1 Å². The van der Waals surface area contributed by atoms with Gasteiger partial charge in [-0.15, -0.1) is 0 Å². The van der Waals surface area contributed by atoms with Crippen LogP contribution in [0.15, 0.2) is 57.9 Å². The molecule has 0 atom stereocenters. The van der Waals surface area contributed by atoms with Crippen molar-refractivity contribution in [1.29, 1.82) is 0 Å². The second-order valence-corrected chi connectivity index (χ2v) is 6.54. The molecule has 3 N–H and O–H groups in total. The Morgan fingerprint density at radius 1 is 1.15 bits per heavy atom. The Bertz CT molecular complexity index is 1110. The Hall–Kier alpha value is -3.39. The zero-order chi connectivity index (χ0) is 18.8. The van der Waals surface area contributed by atoms with Gasteiger partial charge in [-0.2, -0.15) is 9.50 Å². The van der Waals surface area contributed by atoms with Crippen LogP contribution in [-0.4, -0.2) is 24.5 Å². The molecule has 8 nitrogen and oxygen atoms in total. The number of aromatic amines is 1. The summed E-state index contributed by atoms with van der Waals surface area (Å²) in [6.45, 7) is 3.85. The van der Waals surface area contributed by atoms with E-state index in [1.807, 2.05) is 18.2 Å². The monoisotopic (exact) mass is 364 g/mol. The molecule has 138 valence electrons. The molecule has 0 aliphatic rings. The maximum Gasteiger partial charge on any atom is 0.274 e. The Balaban J connectivity index is 1.62. The Labute approximate surface area is 155 Å². The van der Waals surface area contributed by atoms with Gasteiger partial charge < -0.3 is 10.2 Å². The molecular weight excluding hydrogens is 344 g/mol. The molecular formula is C19H20N6O2. The third-order valence-electron chi connectivity index (χ3n) is 4.23. The average molecular weight is 364 g/mol. The smallest absolute Gasteiger partial charge is 0.274 e. The Kier molecular flexibility index (Phi) is 4.47. The number of nitrogen functional groups attached to an aromatic ring is 1. The molecule has 4 aromatic rings. The second kappa shape index (κ2) is 7.08. The van der Waals surface area contributed by atoms with Crippen molar-refractivity contribution in [2.24, 2.45) is 0 Å². The summed E-state index contributed by atoms with van der Waals surface area (Å²) >= 11 is 0. The van der Waals surface area contributed by atoms with Gasteiger partial charge in [-0.1, -0.05) is 29.8 Å². The highest BCUT2D eigenvalue weighted by Gasteiger charge is 2.13. The predicted octanol–water partition coefficient (Wildman–Crippen LogP) is 2.10. The van der Waals surface area contributed by atoms with Gasteiger partial charge in [0.25, 0.3) is 11.3 Å². The fourth-order valence-electron chi connectivity index (χ4n) is 3.11. The molecule has 0 bridgehead atoms. The Morgan fingerprint density at radius 2 is 2.04 bits per heavy atom. The number of H-pyrrole nitrogens is 1. The van der Waals surface area contributed by atoms with Gasteiger partial charge >= 0.3 is 0 Å². The topological polar surface area (TPSA) is 105 Å². The van der Waals surface area contributed by atoms with Crippen molar-refractivity contribution in [3.8, 4) is 0 Å². The molecule has 3 heterocycles. The fraction of sp³-hybridized carbons (Fsp3) is 0.211. The summed E-state index contributed by atoms with van der Waals surface area (Å²) in [5.74, 6) is 1.27. The lowest BCUT2D eigenvalue weighted by Gasteiger charge is -2.21. The highest BCUT2D eigenvalue weighted by molar-refractivity contribution is 5.34. The highest BCUT2D eigenvalue weighted by atomic mass is 16.3. The SMILES string of the molecule is Cc1cccc(CN(Cc2cc(=O)n3[nH]c(N)nc3n2)Cc2ccco2)c1. The van der Waals surface area contributed by atoms with Crippen molar-refractivity contribution in [1.82, 2.24) is 24.5 Å². The normalized spacial score (nSPS) is 11.5. The number of nitrogens with two attached hydrogens (primary N) is 1. The lowest BCUT2D eigenvalue weighted by atomic mass is 10.1. The molecule has 0 radical (unpaired) electrons. The maximum absolute atomic E-state index is 12.3. The molecule has 0 saturated heterocycles. The van der Waals surface area contributed by atoms with E-state index in [-0.39, 0.29) is 17.3 Å². The van der Waals surface area contributed by atoms with E-state index in [4.69, 9.17) is 10.2 Å². The van der Waals surface area contributed by atoms with Gasteiger partial charge in [0.1, 0.15) is 5.76 Å². The molecule has 0 saturated carbocycles. The first kappa shape index (κ1) is 17.0. The van der Waals surface area contributed by atoms with Crippen molar-refractivity contribution in [3.05, 3.63) is 81.7 Å². The van der Waals surface area contributed by atoms with Crippen LogP contribution in [0.25, 0.3) is 5.78 Å². The van der Waals surface area contributed by atoms with Gasteiger partial charge in [-0.3, -0.25) is 14.8 Å². The molecule has 0 spiro atoms. The summed E-state index contributed by atoms with van der Waals surface area (Å²) in [5, 5.41) is 2.67. The van der Waals surface area contributed by atoms with E-state index < -0.39 is 0 Å². The molecule has 27 heavy (non-hydrogen) atoms. The average Bonchev–Trinajstić information content (AvgIpc) is 3.24. The van der Waals surface area contributed by atoms with Gasteiger partial charge in [0.15, 0.2) is 0 Å². The van der Waals surface area contributed by atoms with E-state index in [0.717, 1.165) is 5.76 Å². The number of hydrogen-bond donors (Lipinski definition) is 2. The van der Waals surface area contributed by atoms with Gasteiger partial charge in [0.05, 0.1) is 18.5 Å². The molecule has 3 aromatic heterocycles. The standard InChI is InChI=1S/C19H20N6O2/c1-13-4-2-5-14(8-13)10-24(12-16-6-3-7-27-16)11-15-9-17(26)25-19(21-15)22-18(20)23-25/h2-9H,10-12H2,1H3,(H3,20,21,22,23). The van der Waals surface area contributed by atoms with E-state index >= 15 is 0 Å². The van der Waals surface area contributed by atoms with Gasteiger partial charge in [-0.05, 0) is 24.6 Å². The summed E-state index contributed by atoms with van der Waals surface area (Å²) < 4.78 is 6.73. The molecule has 4 rings (SSSR count). The van der Waals surface area contributed by atoms with Crippen LogP contribution in [0.4, 0.5) is 5.95 Å². The van der Waals surface area contributed by atoms with Crippen molar-refractivity contribution in [2.45, 2.75) is 26.6 Å². The van der Waals surface area contributed by atoms with Crippen LogP contribution in [0, 0.1) is 6.92 Å². The lowest BCUT2D eigenvalue weighted by Crippen LogP contribution is -2.25. The maximum atomic E-state index is 12.3. The number of hydrogen-bond acceptors (Lipinski definition) is 6. The van der Waals surface area contributed by atoms with Gasteiger partial charge in [0.2, 0.25) is 5.95 Å². The summed E-state index contributed by atoms with van der Waals surface area (Å²) in [6, 6.07) is 13.6. The van der Waals surface area contributed by atoms with Crippen molar-refractivity contribution >= 4 is 11.7 Å². The number of furan rings is 1. The number of nitrogens with zero attached hydrogens (tertiary/aromatic N) is 4. The number of benzene rings is 1. The summed E-state index contributed by atoms with van der Waals surface area (Å²) in [7, 11) is 0. The molecule has 0 aliphatic heterocycles. The van der Waals surface area contributed by atoms with E-state index in [1.165, 1.54) is 21.7 Å². The van der Waals surface area contributed by atoms with Crippen LogP contribution in [0.3, 0.4) is 0 Å². The van der Waals surface area contributed by atoms with Crippen LogP contribution in [0.5, 0.6) is 0 Å². The summed E-state index contributed by atoms with van der Waals surface area (Å²) in [4.78, 5) is 22.9. The number of anilines is 1. The number of nitrogens with one attached hydrogen (secondary N) is 1. The molecule has 8 heteroatoms. The van der Waals surface area contributed by atoms with Crippen molar-refractivity contribution in [2.75, 3.05) is 5.73 Å². The zero-order valence-electron chi connectivity index (χ0n) is 14.9. The van der Waals surface area contributed by atoms with Crippen LogP contribution < -0.4 is 11.3 Å². The van der Waals surface area contributed by atoms with E-state index in [0.29, 0.717) is 25.3 Å². The van der Waals surface area contributed by atoms with Crippen molar-refractivity contribution < 1.29 is 4.42 Å². The number of aryl methyl sites for hydroxylation is 1. The molecule has 1 aromatic carbocycles. The second-order valence-electron chi connectivity index (χ2n) is 6.54. The van der Waals surface area contributed by atoms with Crippen LogP contribution in [0.1, 0.15) is 22.6 Å². The Morgan fingerprint density at radius 3 is 2.81 bits per heavy atom. The zero-order valence-corrected chi connectivity index (χ0v) is 14.9. The van der Waals surface area contributed by atoms with Gasteiger partial charge in [-0.25, -0.2) is 4.98 Å². The molecule has 0 fully saturated rings.